The molecule has 0 radical (unpaired) electrons. The lowest BCUT2D eigenvalue weighted by atomic mass is 9.77. The summed E-state index contributed by atoms with van der Waals surface area (Å²) >= 11 is 1.26. The van der Waals surface area contributed by atoms with Crippen LogP contribution in [0.15, 0.2) is 162 Å². The summed E-state index contributed by atoms with van der Waals surface area (Å²) in [4.78, 5) is 36.7. The van der Waals surface area contributed by atoms with Gasteiger partial charge in [-0.15, -0.1) is 11.3 Å². The summed E-state index contributed by atoms with van der Waals surface area (Å²) in [7, 11) is 0. The minimum Gasteiger partial charge on any atom is -0.476 e. The SMILES string of the molecule is O=C(O)C(=NOC(C(=O)OC(c1ccccc1)c1ccccc1)C1CC1)c1csc(NC(c2ccccc2)(c2ccccc2)c2ccccc2)n1. The highest BCUT2D eigenvalue weighted by molar-refractivity contribution is 7.14. The molecule has 1 aliphatic carbocycles. The first-order valence-electron chi connectivity index (χ1n) is 16.7. The molecule has 1 fully saturated rings. The van der Waals surface area contributed by atoms with Gasteiger partial charge in [-0.05, 0) is 40.7 Å². The number of ether oxygens (including phenoxy) is 1. The van der Waals surface area contributed by atoms with Crippen molar-refractivity contribution in [3.8, 4) is 0 Å². The first-order chi connectivity index (χ1) is 25.0. The number of hydrogen-bond acceptors (Lipinski definition) is 8. The Morgan fingerprint density at radius 2 is 1.18 bits per heavy atom. The van der Waals surface area contributed by atoms with Gasteiger partial charge in [-0.1, -0.05) is 157 Å². The number of carbonyl (C=O) groups excluding carboxylic acids is 1. The van der Waals surface area contributed by atoms with Crippen LogP contribution in [0.3, 0.4) is 0 Å². The maximum absolute atomic E-state index is 13.7. The van der Waals surface area contributed by atoms with Gasteiger partial charge in [0.2, 0.25) is 11.8 Å². The zero-order valence-electron chi connectivity index (χ0n) is 27.5. The molecule has 1 aliphatic rings. The van der Waals surface area contributed by atoms with E-state index in [1.165, 1.54) is 11.3 Å². The van der Waals surface area contributed by atoms with Crippen molar-refractivity contribution in [2.24, 2.45) is 11.1 Å². The molecule has 254 valence electrons. The number of nitrogens with zero attached hydrogens (tertiary/aromatic N) is 2. The van der Waals surface area contributed by atoms with E-state index < -0.39 is 35.4 Å². The zero-order chi connectivity index (χ0) is 35.0. The van der Waals surface area contributed by atoms with E-state index in [0.717, 1.165) is 40.7 Å². The van der Waals surface area contributed by atoms with Gasteiger partial charge < -0.3 is 20.0 Å². The van der Waals surface area contributed by atoms with E-state index in [9.17, 15) is 14.7 Å². The number of rotatable bonds is 14. The number of hydrogen-bond donors (Lipinski definition) is 2. The number of aliphatic carboxylic acids is 1. The molecule has 1 aromatic heterocycles. The standard InChI is InChI=1S/C42H35N3O5S/c46-39(47)36(45-50-38(31-26-27-31)40(48)49-37(29-16-6-1-7-17-29)30-18-8-2-9-19-30)35-28-51-41(43-35)44-42(32-20-10-3-11-21-32,33-22-12-4-13-23-33)34-24-14-5-15-25-34/h1-25,28,31,37-38H,26-27H2,(H,43,44)(H,46,47). The number of nitrogens with one attached hydrogen (secondary N) is 1. The number of aromatic nitrogens is 1. The second-order valence-electron chi connectivity index (χ2n) is 12.3. The summed E-state index contributed by atoms with van der Waals surface area (Å²) in [5.74, 6) is -2.08. The molecule has 0 amide bonds. The lowest BCUT2D eigenvalue weighted by molar-refractivity contribution is -0.163. The fraction of sp³-hybridized carbons (Fsp3) is 0.143. The van der Waals surface area contributed by atoms with E-state index in [-0.39, 0.29) is 11.6 Å². The molecule has 0 bridgehead atoms. The normalized spacial score (nSPS) is 13.7. The smallest absolute Gasteiger partial charge is 0.360 e. The molecule has 0 aliphatic heterocycles. The van der Waals surface area contributed by atoms with Gasteiger partial charge in [-0.3, -0.25) is 0 Å². The summed E-state index contributed by atoms with van der Waals surface area (Å²) in [6.07, 6.45) is -0.263. The topological polar surface area (TPSA) is 110 Å². The molecule has 1 saturated carbocycles. The van der Waals surface area contributed by atoms with E-state index >= 15 is 0 Å². The van der Waals surface area contributed by atoms with Crippen molar-refractivity contribution in [3.63, 3.8) is 0 Å². The van der Waals surface area contributed by atoms with Crippen LogP contribution < -0.4 is 5.32 Å². The average Bonchev–Trinajstić information content (AvgIpc) is 3.93. The number of benzene rings is 5. The number of esters is 1. The molecule has 9 heteroatoms. The van der Waals surface area contributed by atoms with Crippen molar-refractivity contribution in [3.05, 3.63) is 191 Å². The maximum Gasteiger partial charge on any atom is 0.360 e. The van der Waals surface area contributed by atoms with Crippen molar-refractivity contribution >= 4 is 34.1 Å². The quantitative estimate of drug-likeness (QED) is 0.0510. The average molecular weight is 694 g/mol. The van der Waals surface area contributed by atoms with Gasteiger partial charge in [-0.25, -0.2) is 14.6 Å². The van der Waals surface area contributed by atoms with Crippen LogP contribution in [0.1, 0.15) is 52.5 Å². The van der Waals surface area contributed by atoms with Crippen LogP contribution in [0.25, 0.3) is 0 Å². The molecule has 0 spiro atoms. The summed E-state index contributed by atoms with van der Waals surface area (Å²) in [6.45, 7) is 0. The number of carboxylic acid groups (broad SMARTS) is 1. The van der Waals surface area contributed by atoms with Crippen LogP contribution in [0.5, 0.6) is 0 Å². The van der Waals surface area contributed by atoms with Crippen molar-refractivity contribution in [1.29, 1.82) is 0 Å². The monoisotopic (exact) mass is 693 g/mol. The lowest BCUT2D eigenvalue weighted by Crippen LogP contribution is -2.38. The fourth-order valence-electron chi connectivity index (χ4n) is 6.17. The van der Waals surface area contributed by atoms with E-state index in [1.807, 2.05) is 115 Å². The highest BCUT2D eigenvalue weighted by Gasteiger charge is 2.42. The van der Waals surface area contributed by atoms with Gasteiger partial charge in [-0.2, -0.15) is 0 Å². The molecule has 6 aromatic rings. The number of carbonyl (C=O) groups is 2. The molecular weight excluding hydrogens is 659 g/mol. The Labute approximate surface area is 300 Å². The Morgan fingerprint density at radius 1 is 0.725 bits per heavy atom. The second kappa shape index (κ2) is 15.2. The van der Waals surface area contributed by atoms with Crippen molar-refractivity contribution in [2.45, 2.75) is 30.6 Å². The second-order valence-corrected chi connectivity index (χ2v) is 13.1. The molecule has 1 unspecified atom stereocenters. The third kappa shape index (κ3) is 7.44. The van der Waals surface area contributed by atoms with Crippen LogP contribution in [0.4, 0.5) is 5.13 Å². The summed E-state index contributed by atoms with van der Waals surface area (Å²) in [5.41, 5.74) is 3.38. The van der Waals surface area contributed by atoms with Crippen molar-refractivity contribution < 1.29 is 24.3 Å². The Kier molecular flexibility index (Phi) is 9.98. The van der Waals surface area contributed by atoms with Crippen LogP contribution in [-0.4, -0.2) is 33.8 Å². The van der Waals surface area contributed by atoms with Gasteiger partial charge in [0.15, 0.2) is 11.2 Å². The molecule has 8 nitrogen and oxygen atoms in total. The Hall–Kier alpha value is -6.06. The zero-order valence-corrected chi connectivity index (χ0v) is 28.4. The summed E-state index contributed by atoms with van der Waals surface area (Å²) in [6, 6.07) is 49.1. The van der Waals surface area contributed by atoms with Crippen LogP contribution >= 0.6 is 11.3 Å². The van der Waals surface area contributed by atoms with Gasteiger partial charge in [0.1, 0.15) is 11.2 Å². The molecule has 1 atom stereocenters. The molecule has 7 rings (SSSR count). The van der Waals surface area contributed by atoms with Crippen LogP contribution in [0, 0.1) is 5.92 Å². The third-order valence-corrected chi connectivity index (χ3v) is 9.60. The van der Waals surface area contributed by atoms with Gasteiger partial charge >= 0.3 is 11.9 Å². The number of anilines is 1. The Bertz CT molecular complexity index is 1950. The predicted octanol–water partition coefficient (Wildman–Crippen LogP) is 8.46. The predicted molar refractivity (Wildman–Crippen MR) is 198 cm³/mol. The Balaban J connectivity index is 1.18. The maximum atomic E-state index is 13.7. The summed E-state index contributed by atoms with van der Waals surface area (Å²) < 4.78 is 6.07. The third-order valence-electron chi connectivity index (χ3n) is 8.84. The van der Waals surface area contributed by atoms with E-state index in [4.69, 9.17) is 14.6 Å². The number of oxime groups is 1. The Morgan fingerprint density at radius 3 is 1.61 bits per heavy atom. The van der Waals surface area contributed by atoms with Gasteiger partial charge in [0.25, 0.3) is 0 Å². The molecule has 0 saturated heterocycles. The highest BCUT2D eigenvalue weighted by Crippen LogP contribution is 2.41. The first kappa shape index (κ1) is 33.4. The summed E-state index contributed by atoms with van der Waals surface area (Å²) in [5, 5.41) is 20.1. The number of carboxylic acids is 1. The lowest BCUT2D eigenvalue weighted by Gasteiger charge is -2.36. The van der Waals surface area contributed by atoms with E-state index in [1.54, 1.807) is 5.38 Å². The van der Waals surface area contributed by atoms with Crippen molar-refractivity contribution in [2.75, 3.05) is 5.32 Å². The van der Waals surface area contributed by atoms with Crippen LogP contribution in [0.2, 0.25) is 0 Å². The number of thiazole rings is 1. The molecule has 1 heterocycles. The minimum atomic E-state index is -1.33. The molecule has 5 aromatic carbocycles. The van der Waals surface area contributed by atoms with Gasteiger partial charge in [0.05, 0.1) is 0 Å². The highest BCUT2D eigenvalue weighted by atomic mass is 32.1. The molecule has 51 heavy (non-hydrogen) atoms. The molecular formula is C42H35N3O5S. The van der Waals surface area contributed by atoms with E-state index in [0.29, 0.717) is 5.13 Å². The molecule has 2 N–H and O–H groups in total. The first-order valence-corrected chi connectivity index (χ1v) is 17.6. The van der Waals surface area contributed by atoms with Gasteiger partial charge in [0, 0.05) is 11.3 Å². The largest absolute Gasteiger partial charge is 0.476 e. The minimum absolute atomic E-state index is 0.104. The fourth-order valence-corrected chi connectivity index (χ4v) is 6.92. The van der Waals surface area contributed by atoms with E-state index in [2.05, 4.69) is 46.9 Å². The van der Waals surface area contributed by atoms with Crippen LogP contribution in [-0.2, 0) is 24.7 Å². The van der Waals surface area contributed by atoms with Crippen molar-refractivity contribution in [1.82, 2.24) is 4.98 Å².